The van der Waals surface area contributed by atoms with Gasteiger partial charge >= 0.3 is 6.18 Å². The molecule has 100 valence electrons. The summed E-state index contributed by atoms with van der Waals surface area (Å²) < 4.78 is 52.7. The summed E-state index contributed by atoms with van der Waals surface area (Å²) in [6, 6.07) is 1.78. The van der Waals surface area contributed by atoms with Crippen molar-refractivity contribution in [1.29, 1.82) is 0 Å². The number of halogens is 4. The van der Waals surface area contributed by atoms with E-state index < -0.39 is 28.9 Å². The third-order valence-corrected chi connectivity index (χ3v) is 2.56. The van der Waals surface area contributed by atoms with Crippen molar-refractivity contribution in [3.8, 4) is 0 Å². The Balaban J connectivity index is 2.59. The largest absolute Gasteiger partial charge is 0.417 e. The van der Waals surface area contributed by atoms with E-state index in [1.807, 2.05) is 0 Å². The number of aryl methyl sites for hydroxylation is 1. The van der Waals surface area contributed by atoms with Gasteiger partial charge in [-0.3, -0.25) is 4.79 Å². The van der Waals surface area contributed by atoms with Crippen molar-refractivity contribution in [2.24, 2.45) is 7.05 Å². The molecule has 0 unspecified atom stereocenters. The van der Waals surface area contributed by atoms with Crippen LogP contribution in [-0.2, 0) is 13.2 Å². The molecule has 0 aliphatic rings. The summed E-state index contributed by atoms with van der Waals surface area (Å²) in [6.45, 7) is 0. The highest BCUT2D eigenvalue weighted by Crippen LogP contribution is 2.33. The van der Waals surface area contributed by atoms with E-state index in [4.69, 9.17) is 0 Å². The standard InChI is InChI=1S/C12H8F4N2O/c1-18-5-4-17-11(18)10(19)8-6-7(13)2-3-9(8)12(14,15)16/h2-6H,1H3. The number of carbonyl (C=O) groups is 1. The summed E-state index contributed by atoms with van der Waals surface area (Å²) in [5.41, 5.74) is -1.93. The molecule has 19 heavy (non-hydrogen) atoms. The van der Waals surface area contributed by atoms with Crippen molar-refractivity contribution in [2.75, 3.05) is 0 Å². The molecule has 0 aliphatic carbocycles. The Hall–Kier alpha value is -2.18. The Bertz CT molecular complexity index is 631. The first kappa shape index (κ1) is 13.3. The summed E-state index contributed by atoms with van der Waals surface area (Å²) in [5.74, 6) is -2.07. The minimum atomic E-state index is -4.73. The first-order valence-electron chi connectivity index (χ1n) is 5.19. The smallest absolute Gasteiger partial charge is 0.331 e. The highest BCUT2D eigenvalue weighted by Gasteiger charge is 2.36. The molecule has 0 aliphatic heterocycles. The van der Waals surface area contributed by atoms with E-state index in [0.717, 1.165) is 0 Å². The first-order chi connectivity index (χ1) is 8.80. The highest BCUT2D eigenvalue weighted by atomic mass is 19.4. The van der Waals surface area contributed by atoms with Gasteiger partial charge in [0, 0.05) is 25.0 Å². The fraction of sp³-hybridized carbons (Fsp3) is 0.167. The van der Waals surface area contributed by atoms with Crippen molar-refractivity contribution >= 4 is 5.78 Å². The lowest BCUT2D eigenvalue weighted by atomic mass is 10.0. The molecule has 1 aromatic heterocycles. The molecular formula is C12H8F4N2O. The lowest BCUT2D eigenvalue weighted by Crippen LogP contribution is -2.16. The number of hydrogen-bond donors (Lipinski definition) is 0. The molecule has 0 saturated carbocycles. The van der Waals surface area contributed by atoms with Crippen LogP contribution in [0.3, 0.4) is 0 Å². The summed E-state index contributed by atoms with van der Waals surface area (Å²) in [4.78, 5) is 15.7. The predicted octanol–water partition coefficient (Wildman–Crippen LogP) is 2.81. The Labute approximate surface area is 105 Å². The van der Waals surface area contributed by atoms with Crippen molar-refractivity contribution in [2.45, 2.75) is 6.18 Å². The predicted molar refractivity (Wildman–Crippen MR) is 58.0 cm³/mol. The van der Waals surface area contributed by atoms with E-state index in [1.54, 1.807) is 0 Å². The van der Waals surface area contributed by atoms with E-state index in [-0.39, 0.29) is 5.82 Å². The molecular weight excluding hydrogens is 264 g/mol. The van der Waals surface area contributed by atoms with Crippen LogP contribution >= 0.6 is 0 Å². The zero-order chi connectivity index (χ0) is 14.2. The Morgan fingerprint density at radius 1 is 1.32 bits per heavy atom. The molecule has 1 aromatic carbocycles. The molecule has 0 fully saturated rings. The van der Waals surface area contributed by atoms with E-state index in [0.29, 0.717) is 18.2 Å². The van der Waals surface area contributed by atoms with E-state index >= 15 is 0 Å². The minimum absolute atomic E-state index is 0.184. The van der Waals surface area contributed by atoms with Crippen LogP contribution in [0.25, 0.3) is 0 Å². The summed E-state index contributed by atoms with van der Waals surface area (Å²) in [7, 11) is 1.47. The maximum Gasteiger partial charge on any atom is 0.417 e. The van der Waals surface area contributed by atoms with Crippen molar-refractivity contribution in [1.82, 2.24) is 9.55 Å². The molecule has 0 atom stereocenters. The summed E-state index contributed by atoms with van der Waals surface area (Å²) in [5, 5.41) is 0. The SMILES string of the molecule is Cn1ccnc1C(=O)c1cc(F)ccc1C(F)(F)F. The van der Waals surface area contributed by atoms with E-state index in [1.165, 1.54) is 24.0 Å². The summed E-state index contributed by atoms with van der Waals surface area (Å²) >= 11 is 0. The van der Waals surface area contributed by atoms with E-state index in [2.05, 4.69) is 4.98 Å². The number of rotatable bonds is 2. The Kier molecular flexibility index (Phi) is 3.13. The van der Waals surface area contributed by atoms with Crippen LogP contribution in [-0.4, -0.2) is 15.3 Å². The van der Waals surface area contributed by atoms with Gasteiger partial charge in [0.1, 0.15) is 5.82 Å². The monoisotopic (exact) mass is 272 g/mol. The molecule has 0 bridgehead atoms. The molecule has 2 aromatic rings. The fourth-order valence-electron chi connectivity index (χ4n) is 1.66. The average Bonchev–Trinajstić information content (AvgIpc) is 2.72. The number of nitrogens with zero attached hydrogens (tertiary/aromatic N) is 2. The van der Waals surface area contributed by atoms with Gasteiger partial charge in [-0.05, 0) is 18.2 Å². The second kappa shape index (κ2) is 4.49. The third kappa shape index (κ3) is 2.49. The number of carbonyl (C=O) groups excluding carboxylic acids is 1. The molecule has 0 amide bonds. The zero-order valence-corrected chi connectivity index (χ0v) is 9.70. The quantitative estimate of drug-likeness (QED) is 0.622. The molecule has 3 nitrogen and oxygen atoms in total. The number of ketones is 1. The van der Waals surface area contributed by atoms with Gasteiger partial charge in [-0.2, -0.15) is 13.2 Å². The van der Waals surface area contributed by atoms with Crippen molar-refractivity contribution in [3.63, 3.8) is 0 Å². The van der Waals surface area contributed by atoms with Gasteiger partial charge < -0.3 is 4.57 Å². The fourth-order valence-corrected chi connectivity index (χ4v) is 1.66. The van der Waals surface area contributed by atoms with Gasteiger partial charge in [0.2, 0.25) is 5.78 Å². The van der Waals surface area contributed by atoms with Gasteiger partial charge in [0.25, 0.3) is 0 Å². The highest BCUT2D eigenvalue weighted by molar-refractivity contribution is 6.07. The second-order valence-electron chi connectivity index (χ2n) is 3.88. The van der Waals surface area contributed by atoms with Crippen LogP contribution in [0.5, 0.6) is 0 Å². The molecule has 7 heteroatoms. The molecule has 0 N–H and O–H groups in total. The Morgan fingerprint density at radius 3 is 2.53 bits per heavy atom. The van der Waals surface area contributed by atoms with Crippen LogP contribution in [0, 0.1) is 5.82 Å². The lowest BCUT2D eigenvalue weighted by molar-refractivity contribution is -0.137. The number of benzene rings is 1. The second-order valence-corrected chi connectivity index (χ2v) is 3.88. The third-order valence-electron chi connectivity index (χ3n) is 2.56. The van der Waals surface area contributed by atoms with Gasteiger partial charge in [-0.15, -0.1) is 0 Å². The van der Waals surface area contributed by atoms with Crippen LogP contribution in [0.2, 0.25) is 0 Å². The molecule has 0 radical (unpaired) electrons. The molecule has 0 spiro atoms. The number of aromatic nitrogens is 2. The lowest BCUT2D eigenvalue weighted by Gasteiger charge is -2.11. The summed E-state index contributed by atoms with van der Waals surface area (Å²) in [6.07, 6.45) is -2.04. The number of imidazole rings is 1. The van der Waals surface area contributed by atoms with Gasteiger partial charge in [-0.25, -0.2) is 9.37 Å². The van der Waals surface area contributed by atoms with Crippen LogP contribution in [0.4, 0.5) is 17.6 Å². The average molecular weight is 272 g/mol. The number of hydrogen-bond acceptors (Lipinski definition) is 2. The van der Waals surface area contributed by atoms with Crippen LogP contribution in [0.1, 0.15) is 21.7 Å². The van der Waals surface area contributed by atoms with E-state index in [9.17, 15) is 22.4 Å². The van der Waals surface area contributed by atoms with Crippen LogP contribution in [0.15, 0.2) is 30.6 Å². The first-order valence-corrected chi connectivity index (χ1v) is 5.19. The maximum absolute atomic E-state index is 13.1. The van der Waals surface area contributed by atoms with Gasteiger partial charge in [-0.1, -0.05) is 0 Å². The normalized spacial score (nSPS) is 11.6. The van der Waals surface area contributed by atoms with Gasteiger partial charge in [0.15, 0.2) is 5.82 Å². The van der Waals surface area contributed by atoms with Crippen molar-refractivity contribution in [3.05, 3.63) is 53.4 Å². The Morgan fingerprint density at radius 2 is 2.00 bits per heavy atom. The molecule has 0 saturated heterocycles. The zero-order valence-electron chi connectivity index (χ0n) is 9.70. The minimum Gasteiger partial charge on any atom is -0.331 e. The van der Waals surface area contributed by atoms with Gasteiger partial charge in [0.05, 0.1) is 5.56 Å². The number of alkyl halides is 3. The molecule has 2 rings (SSSR count). The maximum atomic E-state index is 13.1. The van der Waals surface area contributed by atoms with Crippen LogP contribution < -0.4 is 0 Å². The topological polar surface area (TPSA) is 34.9 Å². The molecule has 1 heterocycles. The van der Waals surface area contributed by atoms with Crippen molar-refractivity contribution < 1.29 is 22.4 Å².